The topological polar surface area (TPSA) is 75.6 Å². The average molecular weight is 328 g/mol. The molecule has 1 saturated carbocycles. The maximum absolute atomic E-state index is 12.0. The van der Waals surface area contributed by atoms with Crippen LogP contribution in [0.1, 0.15) is 30.8 Å². The maximum Gasteiger partial charge on any atom is 0.229 e. The summed E-state index contributed by atoms with van der Waals surface area (Å²) in [6, 6.07) is 9.89. The first-order valence-corrected chi connectivity index (χ1v) is 8.36. The molecule has 1 amide bonds. The number of anilines is 1. The summed E-state index contributed by atoms with van der Waals surface area (Å²) in [5, 5.41) is 3.53. The van der Waals surface area contributed by atoms with Gasteiger partial charge < -0.3 is 10.2 Å². The van der Waals surface area contributed by atoms with E-state index in [-0.39, 0.29) is 18.0 Å². The molecule has 1 unspecified atom stereocenters. The lowest BCUT2D eigenvalue weighted by Gasteiger charge is -2.06. The van der Waals surface area contributed by atoms with Crippen LogP contribution in [0.4, 0.5) is 5.13 Å². The number of hydroxylamine groups is 1. The van der Waals surface area contributed by atoms with E-state index in [0.29, 0.717) is 11.0 Å². The lowest BCUT2D eigenvalue weighted by atomic mass is 10.1. The molecule has 1 atom stereocenters. The van der Waals surface area contributed by atoms with Crippen molar-refractivity contribution in [3.05, 3.63) is 35.2 Å². The van der Waals surface area contributed by atoms with Gasteiger partial charge in [0.05, 0.1) is 10.6 Å². The van der Waals surface area contributed by atoms with E-state index in [4.69, 9.17) is 4.84 Å². The van der Waals surface area contributed by atoms with Crippen LogP contribution in [0.15, 0.2) is 35.3 Å². The summed E-state index contributed by atoms with van der Waals surface area (Å²) in [7, 11) is 0. The van der Waals surface area contributed by atoms with Gasteiger partial charge in [0, 0.05) is 18.4 Å². The summed E-state index contributed by atoms with van der Waals surface area (Å²) in [5.74, 6) is 0.793. The van der Waals surface area contributed by atoms with Crippen LogP contribution in [0.25, 0.3) is 11.3 Å². The van der Waals surface area contributed by atoms with Crippen LogP contribution >= 0.6 is 11.3 Å². The minimum absolute atomic E-state index is 0.0558. The van der Waals surface area contributed by atoms with Crippen LogP contribution < -0.4 is 10.8 Å². The van der Waals surface area contributed by atoms with Crippen LogP contribution in [-0.4, -0.2) is 16.8 Å². The van der Waals surface area contributed by atoms with Gasteiger partial charge in [0.15, 0.2) is 11.3 Å². The van der Waals surface area contributed by atoms with E-state index in [9.17, 15) is 4.79 Å². The molecule has 2 aromatic rings. The van der Waals surface area contributed by atoms with Gasteiger partial charge in [-0.05, 0) is 12.8 Å². The highest BCUT2D eigenvalue weighted by atomic mass is 32.1. The van der Waals surface area contributed by atoms with Crippen molar-refractivity contribution in [2.45, 2.75) is 25.9 Å². The summed E-state index contributed by atoms with van der Waals surface area (Å²) < 4.78 is 0. The number of aromatic nitrogens is 1. The molecule has 118 valence electrons. The molecule has 0 spiro atoms. The number of nitrogens with one attached hydrogen (secondary N) is 2. The lowest BCUT2D eigenvalue weighted by Crippen LogP contribution is -2.13. The molecule has 0 bridgehead atoms. The molecule has 4 rings (SSSR count). The van der Waals surface area contributed by atoms with Crippen molar-refractivity contribution in [3.63, 3.8) is 0 Å². The molecule has 2 N–H and O–H groups in total. The highest BCUT2D eigenvalue weighted by Gasteiger charge is 2.31. The fraction of sp³-hybridized carbons (Fsp3) is 0.312. The highest BCUT2D eigenvalue weighted by Crippen LogP contribution is 2.38. The van der Waals surface area contributed by atoms with E-state index in [0.717, 1.165) is 29.0 Å². The fourth-order valence-corrected chi connectivity index (χ4v) is 3.38. The predicted molar refractivity (Wildman–Crippen MR) is 89.0 cm³/mol. The summed E-state index contributed by atoms with van der Waals surface area (Å²) in [4.78, 5) is 27.2. The fourth-order valence-electron chi connectivity index (χ4n) is 2.41. The Morgan fingerprint density at radius 2 is 2.13 bits per heavy atom. The minimum Gasteiger partial charge on any atom is -0.391 e. The highest BCUT2D eigenvalue weighted by molar-refractivity contribution is 7.16. The Morgan fingerprint density at radius 3 is 2.78 bits per heavy atom. The molecule has 7 heteroatoms. The van der Waals surface area contributed by atoms with E-state index < -0.39 is 0 Å². The molecule has 1 aromatic heterocycles. The molecular weight excluding hydrogens is 312 g/mol. The van der Waals surface area contributed by atoms with E-state index in [2.05, 4.69) is 20.8 Å². The number of benzene rings is 1. The molecule has 2 aliphatic rings. The molecule has 1 aliphatic carbocycles. The summed E-state index contributed by atoms with van der Waals surface area (Å²) >= 11 is 1.43. The molecule has 0 radical (unpaired) electrons. The van der Waals surface area contributed by atoms with Gasteiger partial charge in [-0.1, -0.05) is 41.7 Å². The number of amides is 1. The zero-order valence-electron chi connectivity index (χ0n) is 12.6. The first kappa shape index (κ1) is 14.3. The third-order valence-corrected chi connectivity index (χ3v) is 4.78. The zero-order valence-corrected chi connectivity index (χ0v) is 13.4. The van der Waals surface area contributed by atoms with E-state index in [1.165, 1.54) is 11.3 Å². The normalized spacial score (nSPS) is 20.0. The quantitative estimate of drug-likeness (QED) is 0.904. The first-order chi connectivity index (χ1) is 11.2. The maximum atomic E-state index is 12.0. The SMILES string of the molecule is CC1=NC(c2sc(NC(=O)C3CC3)nc2-c2ccccc2)NO1. The lowest BCUT2D eigenvalue weighted by molar-refractivity contribution is -0.117. The predicted octanol–water partition coefficient (Wildman–Crippen LogP) is 3.11. The number of rotatable bonds is 4. The molecule has 1 aromatic carbocycles. The van der Waals surface area contributed by atoms with Crippen molar-refractivity contribution in [1.29, 1.82) is 0 Å². The Hall–Kier alpha value is -2.25. The number of hydrogen-bond acceptors (Lipinski definition) is 6. The second kappa shape index (κ2) is 5.75. The van der Waals surface area contributed by atoms with Crippen molar-refractivity contribution < 1.29 is 9.63 Å². The van der Waals surface area contributed by atoms with Crippen molar-refractivity contribution in [3.8, 4) is 11.3 Å². The third-order valence-electron chi connectivity index (χ3n) is 3.76. The van der Waals surface area contributed by atoms with Crippen molar-refractivity contribution >= 4 is 28.3 Å². The van der Waals surface area contributed by atoms with E-state index >= 15 is 0 Å². The van der Waals surface area contributed by atoms with Gasteiger partial charge in [0.25, 0.3) is 0 Å². The van der Waals surface area contributed by atoms with Crippen LogP contribution in [0.2, 0.25) is 0 Å². The monoisotopic (exact) mass is 328 g/mol. The van der Waals surface area contributed by atoms with Gasteiger partial charge in [-0.15, -0.1) is 5.48 Å². The zero-order chi connectivity index (χ0) is 15.8. The number of carbonyl (C=O) groups is 1. The Kier molecular flexibility index (Phi) is 3.59. The van der Waals surface area contributed by atoms with Gasteiger partial charge in [-0.2, -0.15) is 0 Å². The number of aliphatic imine (C=N–C) groups is 1. The Morgan fingerprint density at radius 1 is 1.35 bits per heavy atom. The average Bonchev–Trinajstić information content (AvgIpc) is 3.21. The number of thiazole rings is 1. The van der Waals surface area contributed by atoms with Crippen LogP contribution in [0, 0.1) is 5.92 Å². The molecule has 23 heavy (non-hydrogen) atoms. The number of carbonyl (C=O) groups excluding carboxylic acids is 1. The molecular formula is C16H16N4O2S. The molecule has 6 nitrogen and oxygen atoms in total. The van der Waals surface area contributed by atoms with Crippen LogP contribution in [0.5, 0.6) is 0 Å². The number of nitrogens with zero attached hydrogens (tertiary/aromatic N) is 2. The minimum atomic E-state index is -0.297. The standard InChI is InChI=1S/C16H16N4O2S/c1-9-17-14(20-22-9)13-12(10-5-3-2-4-6-10)18-16(23-13)19-15(21)11-7-8-11/h2-6,11,14,20H,7-8H2,1H3,(H,18,19,21). The van der Waals surface area contributed by atoms with Gasteiger partial charge in [0.1, 0.15) is 0 Å². The summed E-state index contributed by atoms with van der Waals surface area (Å²) in [6.07, 6.45) is 1.64. The molecule has 1 aliphatic heterocycles. The van der Waals surface area contributed by atoms with Gasteiger partial charge in [-0.3, -0.25) is 4.79 Å². The summed E-state index contributed by atoms with van der Waals surface area (Å²) in [5.41, 5.74) is 4.70. The van der Waals surface area contributed by atoms with Crippen LogP contribution in [-0.2, 0) is 9.63 Å². The van der Waals surface area contributed by atoms with Gasteiger partial charge in [0.2, 0.25) is 11.8 Å². The van der Waals surface area contributed by atoms with Crippen molar-refractivity contribution in [2.24, 2.45) is 10.9 Å². The molecule has 1 fully saturated rings. The van der Waals surface area contributed by atoms with Gasteiger partial charge >= 0.3 is 0 Å². The Labute approximate surface area is 137 Å². The second-order valence-corrected chi connectivity index (χ2v) is 6.66. The van der Waals surface area contributed by atoms with E-state index in [1.54, 1.807) is 6.92 Å². The largest absolute Gasteiger partial charge is 0.391 e. The Bertz CT molecular complexity index is 768. The van der Waals surface area contributed by atoms with Crippen molar-refractivity contribution in [1.82, 2.24) is 10.5 Å². The van der Waals surface area contributed by atoms with Crippen LogP contribution in [0.3, 0.4) is 0 Å². The number of hydrogen-bond donors (Lipinski definition) is 2. The van der Waals surface area contributed by atoms with Crippen molar-refractivity contribution in [2.75, 3.05) is 5.32 Å². The third kappa shape index (κ3) is 2.97. The molecule has 2 heterocycles. The second-order valence-electron chi connectivity index (χ2n) is 5.63. The van der Waals surface area contributed by atoms with Gasteiger partial charge in [-0.25, -0.2) is 9.98 Å². The van der Waals surface area contributed by atoms with E-state index in [1.807, 2.05) is 30.3 Å². The first-order valence-electron chi connectivity index (χ1n) is 7.54. The Balaban J connectivity index is 1.70. The molecule has 0 saturated heterocycles. The summed E-state index contributed by atoms with van der Waals surface area (Å²) in [6.45, 7) is 1.80. The smallest absolute Gasteiger partial charge is 0.229 e.